The smallest absolute Gasteiger partial charge is 0.0710 e. The molecule has 68 valence electrons. The predicted octanol–water partition coefficient (Wildman–Crippen LogP) is 2.60. The zero-order valence-electron chi connectivity index (χ0n) is 7.88. The van der Waals surface area contributed by atoms with Gasteiger partial charge in [0, 0.05) is 0 Å². The van der Waals surface area contributed by atoms with E-state index in [1.807, 2.05) is 0 Å². The first-order chi connectivity index (χ1) is 5.77. The molecule has 1 aliphatic heterocycles. The molecule has 1 heterocycles. The highest BCUT2D eigenvalue weighted by molar-refractivity contribution is 5.02. The average molecular weight is 166 g/mol. The van der Waals surface area contributed by atoms with Crippen LogP contribution >= 0.6 is 0 Å². The van der Waals surface area contributed by atoms with Gasteiger partial charge in [-0.1, -0.05) is 6.92 Å². The van der Waals surface area contributed by atoms with E-state index < -0.39 is 0 Å². The fraction of sp³-hybridized carbons (Fsp3) is 1.00. The number of hydrogen-bond donors (Lipinski definition) is 0. The van der Waals surface area contributed by atoms with Crippen LogP contribution in [0.25, 0.3) is 0 Å². The standard InChI is InChI=1S/C11H18O/c1-8-4-9-6-11(2-3-12-11)7-10(9)5-8/h8-10H,2-7H2,1H3/t8-,9-,10+,11?. The molecule has 1 saturated heterocycles. The molecule has 1 unspecified atom stereocenters. The van der Waals surface area contributed by atoms with Crippen molar-refractivity contribution in [2.24, 2.45) is 17.8 Å². The molecule has 12 heavy (non-hydrogen) atoms. The second kappa shape index (κ2) is 2.25. The van der Waals surface area contributed by atoms with Gasteiger partial charge in [-0.2, -0.15) is 0 Å². The Labute approximate surface area is 74.5 Å². The van der Waals surface area contributed by atoms with Crippen LogP contribution in [0.4, 0.5) is 0 Å². The number of hydrogen-bond acceptors (Lipinski definition) is 1. The predicted molar refractivity (Wildman–Crippen MR) is 47.9 cm³/mol. The van der Waals surface area contributed by atoms with Crippen LogP contribution in [0.2, 0.25) is 0 Å². The molecule has 0 aromatic heterocycles. The third-order valence-electron chi connectivity index (χ3n) is 4.31. The van der Waals surface area contributed by atoms with Crippen molar-refractivity contribution in [1.82, 2.24) is 0 Å². The van der Waals surface area contributed by atoms with Crippen molar-refractivity contribution >= 4 is 0 Å². The van der Waals surface area contributed by atoms with Gasteiger partial charge < -0.3 is 4.74 Å². The van der Waals surface area contributed by atoms with E-state index in [0.29, 0.717) is 5.60 Å². The first kappa shape index (κ1) is 7.37. The molecule has 0 bridgehead atoms. The Bertz CT molecular complexity index is 179. The first-order valence-corrected chi connectivity index (χ1v) is 5.41. The van der Waals surface area contributed by atoms with Crippen molar-refractivity contribution in [3.63, 3.8) is 0 Å². The molecule has 0 radical (unpaired) electrons. The molecule has 2 aliphatic carbocycles. The minimum atomic E-state index is 0.398. The van der Waals surface area contributed by atoms with E-state index in [1.54, 1.807) is 0 Å². The Morgan fingerprint density at radius 3 is 2.17 bits per heavy atom. The molecule has 0 amide bonds. The Kier molecular flexibility index (Phi) is 1.39. The first-order valence-electron chi connectivity index (χ1n) is 5.41. The largest absolute Gasteiger partial charge is 0.375 e. The van der Waals surface area contributed by atoms with E-state index in [9.17, 15) is 0 Å². The van der Waals surface area contributed by atoms with Gasteiger partial charge in [0.1, 0.15) is 0 Å². The van der Waals surface area contributed by atoms with Gasteiger partial charge in [-0.05, 0) is 49.9 Å². The molecule has 0 N–H and O–H groups in total. The minimum absolute atomic E-state index is 0.398. The zero-order chi connectivity index (χ0) is 8.18. The molecule has 0 aromatic rings. The summed E-state index contributed by atoms with van der Waals surface area (Å²) in [5.74, 6) is 3.05. The topological polar surface area (TPSA) is 9.23 Å². The summed E-state index contributed by atoms with van der Waals surface area (Å²) >= 11 is 0. The number of rotatable bonds is 0. The van der Waals surface area contributed by atoms with Crippen molar-refractivity contribution in [3.05, 3.63) is 0 Å². The van der Waals surface area contributed by atoms with Crippen LogP contribution in [-0.2, 0) is 4.74 Å². The van der Waals surface area contributed by atoms with Gasteiger partial charge in [0.15, 0.2) is 0 Å². The minimum Gasteiger partial charge on any atom is -0.375 e. The van der Waals surface area contributed by atoms with E-state index >= 15 is 0 Å². The Hall–Kier alpha value is -0.0400. The Balaban J connectivity index is 1.73. The summed E-state index contributed by atoms with van der Waals surface area (Å²) in [5.41, 5.74) is 0.398. The quantitative estimate of drug-likeness (QED) is 0.537. The average Bonchev–Trinajstić information content (AvgIpc) is 2.38. The van der Waals surface area contributed by atoms with E-state index in [4.69, 9.17) is 4.74 Å². The normalized spacial score (nSPS) is 57.2. The lowest BCUT2D eigenvalue weighted by atomic mass is 9.89. The molecule has 2 saturated carbocycles. The van der Waals surface area contributed by atoms with Crippen molar-refractivity contribution in [1.29, 1.82) is 0 Å². The number of fused-ring (bicyclic) bond motifs is 1. The lowest BCUT2D eigenvalue weighted by Gasteiger charge is -2.39. The summed E-state index contributed by atoms with van der Waals surface area (Å²) in [6.07, 6.45) is 7.10. The molecule has 3 rings (SSSR count). The van der Waals surface area contributed by atoms with Crippen LogP contribution in [0.1, 0.15) is 39.0 Å². The van der Waals surface area contributed by atoms with E-state index in [1.165, 1.54) is 32.1 Å². The maximum absolute atomic E-state index is 5.75. The maximum atomic E-state index is 5.75. The summed E-state index contributed by atoms with van der Waals surface area (Å²) in [6.45, 7) is 3.45. The fourth-order valence-electron chi connectivity index (χ4n) is 3.77. The summed E-state index contributed by atoms with van der Waals surface area (Å²) in [6, 6.07) is 0. The van der Waals surface area contributed by atoms with Gasteiger partial charge in [0.2, 0.25) is 0 Å². The third kappa shape index (κ3) is 0.891. The maximum Gasteiger partial charge on any atom is 0.0710 e. The van der Waals surface area contributed by atoms with Gasteiger partial charge in [-0.25, -0.2) is 0 Å². The zero-order valence-corrected chi connectivity index (χ0v) is 7.88. The molecule has 1 nitrogen and oxygen atoms in total. The monoisotopic (exact) mass is 166 g/mol. The van der Waals surface area contributed by atoms with Gasteiger partial charge in [-0.3, -0.25) is 0 Å². The van der Waals surface area contributed by atoms with E-state index in [0.717, 1.165) is 24.4 Å². The van der Waals surface area contributed by atoms with Crippen LogP contribution in [0.5, 0.6) is 0 Å². The molecule has 4 atom stereocenters. The van der Waals surface area contributed by atoms with Crippen LogP contribution in [0.15, 0.2) is 0 Å². The second-order valence-corrected chi connectivity index (χ2v) is 5.29. The fourth-order valence-corrected chi connectivity index (χ4v) is 3.77. The lowest BCUT2D eigenvalue weighted by molar-refractivity contribution is -0.146. The van der Waals surface area contributed by atoms with Crippen LogP contribution < -0.4 is 0 Å². The van der Waals surface area contributed by atoms with Gasteiger partial charge in [0.25, 0.3) is 0 Å². The van der Waals surface area contributed by atoms with Crippen molar-refractivity contribution in [2.75, 3.05) is 6.61 Å². The van der Waals surface area contributed by atoms with Crippen LogP contribution in [0, 0.1) is 17.8 Å². The highest BCUT2D eigenvalue weighted by atomic mass is 16.5. The SMILES string of the molecule is C[C@@H]1C[C@@H]2CC3(CCO3)C[C@@H]2C1. The van der Waals surface area contributed by atoms with E-state index in [-0.39, 0.29) is 0 Å². The van der Waals surface area contributed by atoms with Gasteiger partial charge >= 0.3 is 0 Å². The molecule has 1 heteroatoms. The summed E-state index contributed by atoms with van der Waals surface area (Å²) in [4.78, 5) is 0. The van der Waals surface area contributed by atoms with Crippen molar-refractivity contribution in [2.45, 2.75) is 44.6 Å². The van der Waals surface area contributed by atoms with Gasteiger partial charge in [-0.15, -0.1) is 0 Å². The second-order valence-electron chi connectivity index (χ2n) is 5.29. The molecular formula is C11H18O. The Morgan fingerprint density at radius 1 is 1.17 bits per heavy atom. The van der Waals surface area contributed by atoms with Gasteiger partial charge in [0.05, 0.1) is 12.2 Å². The number of ether oxygens (including phenoxy) is 1. The van der Waals surface area contributed by atoms with Crippen LogP contribution in [-0.4, -0.2) is 12.2 Å². The van der Waals surface area contributed by atoms with Crippen LogP contribution in [0.3, 0.4) is 0 Å². The van der Waals surface area contributed by atoms with Crippen molar-refractivity contribution in [3.8, 4) is 0 Å². The summed E-state index contributed by atoms with van der Waals surface area (Å²) in [5, 5.41) is 0. The third-order valence-corrected chi connectivity index (χ3v) is 4.31. The molecule has 3 fully saturated rings. The van der Waals surface area contributed by atoms with Crippen molar-refractivity contribution < 1.29 is 4.74 Å². The summed E-state index contributed by atoms with van der Waals surface area (Å²) in [7, 11) is 0. The van der Waals surface area contributed by atoms with E-state index in [2.05, 4.69) is 6.92 Å². The highest BCUT2D eigenvalue weighted by Crippen LogP contribution is 2.55. The Morgan fingerprint density at radius 2 is 1.75 bits per heavy atom. The molecule has 1 spiro atoms. The molecule has 0 aromatic carbocycles. The highest BCUT2D eigenvalue weighted by Gasteiger charge is 2.52. The lowest BCUT2D eigenvalue weighted by Crippen LogP contribution is -2.41. The summed E-state index contributed by atoms with van der Waals surface area (Å²) < 4.78 is 5.75. The molecule has 3 aliphatic rings. The molecular weight excluding hydrogens is 148 g/mol.